The van der Waals surface area contributed by atoms with Crippen molar-refractivity contribution < 1.29 is 14.3 Å². The fraction of sp³-hybridized carbons (Fsp3) is 0.318. The van der Waals surface area contributed by atoms with Gasteiger partial charge in [-0.3, -0.25) is 4.79 Å². The number of imidazole rings is 1. The number of nitrogens with one attached hydrogen (secondary N) is 1. The Morgan fingerprint density at radius 3 is 2.45 bits per heavy atom. The molecule has 1 amide bonds. The van der Waals surface area contributed by atoms with E-state index in [-0.39, 0.29) is 5.91 Å². The van der Waals surface area contributed by atoms with Gasteiger partial charge in [0, 0.05) is 17.7 Å². The number of nitrogens with zero attached hydrogens (tertiary/aromatic N) is 3. The van der Waals surface area contributed by atoms with Crippen LogP contribution in [0.1, 0.15) is 42.0 Å². The van der Waals surface area contributed by atoms with Gasteiger partial charge in [0.05, 0.1) is 31.0 Å². The summed E-state index contributed by atoms with van der Waals surface area (Å²) in [6, 6.07) is 11.1. The first-order valence-corrected chi connectivity index (χ1v) is 9.58. The second-order valence-electron chi connectivity index (χ2n) is 6.53. The van der Waals surface area contributed by atoms with E-state index in [0.717, 1.165) is 34.7 Å². The Morgan fingerprint density at radius 1 is 1.07 bits per heavy atom. The minimum atomic E-state index is -0.276. The number of aryl methyl sites for hydroxylation is 2. The molecule has 1 aromatic heterocycles. The molecule has 152 valence electrons. The fourth-order valence-corrected chi connectivity index (χ4v) is 3.34. The van der Waals surface area contributed by atoms with Crippen LogP contribution in [-0.2, 0) is 6.54 Å². The number of aromatic nitrogens is 2. The number of benzene rings is 2. The molecule has 7 nitrogen and oxygen atoms in total. The van der Waals surface area contributed by atoms with E-state index in [1.54, 1.807) is 26.4 Å². The molecule has 0 radical (unpaired) electrons. The third-order valence-corrected chi connectivity index (χ3v) is 4.86. The van der Waals surface area contributed by atoms with Crippen LogP contribution in [0.2, 0.25) is 0 Å². The predicted molar refractivity (Wildman–Crippen MR) is 114 cm³/mol. The lowest BCUT2D eigenvalue weighted by atomic mass is 10.1. The lowest BCUT2D eigenvalue weighted by molar-refractivity contribution is 0.0955. The molecule has 0 fully saturated rings. The topological polar surface area (TPSA) is 77.7 Å². The van der Waals surface area contributed by atoms with Crippen LogP contribution in [0.4, 0.5) is 0 Å². The monoisotopic (exact) mass is 394 g/mol. The van der Waals surface area contributed by atoms with Crippen LogP contribution in [0.5, 0.6) is 11.5 Å². The van der Waals surface area contributed by atoms with Crippen molar-refractivity contribution in [2.45, 2.75) is 33.7 Å². The summed E-state index contributed by atoms with van der Waals surface area (Å²) in [4.78, 5) is 17.2. The summed E-state index contributed by atoms with van der Waals surface area (Å²) in [5, 5.41) is 4.33. The normalized spacial score (nSPS) is 11.6. The number of carbonyl (C=O) groups excluding carboxylic acids is 1. The molecule has 0 spiro atoms. The van der Waals surface area contributed by atoms with Gasteiger partial charge >= 0.3 is 0 Å². The smallest absolute Gasteiger partial charge is 0.271 e. The molecule has 2 aromatic carbocycles. The van der Waals surface area contributed by atoms with E-state index in [9.17, 15) is 4.79 Å². The second-order valence-corrected chi connectivity index (χ2v) is 6.53. The molecule has 0 aliphatic heterocycles. The summed E-state index contributed by atoms with van der Waals surface area (Å²) in [5.41, 5.74) is 6.60. The highest BCUT2D eigenvalue weighted by molar-refractivity contribution is 6.03. The van der Waals surface area contributed by atoms with Crippen LogP contribution < -0.4 is 14.9 Å². The van der Waals surface area contributed by atoms with E-state index in [0.29, 0.717) is 23.5 Å². The molecule has 0 saturated heterocycles. The number of ether oxygens (including phenoxy) is 2. The van der Waals surface area contributed by atoms with Crippen molar-refractivity contribution >= 4 is 22.7 Å². The van der Waals surface area contributed by atoms with Crippen molar-refractivity contribution in [3.8, 4) is 11.5 Å². The number of rotatable bonds is 7. The van der Waals surface area contributed by atoms with E-state index in [1.165, 1.54) is 0 Å². The van der Waals surface area contributed by atoms with Crippen molar-refractivity contribution in [2.75, 3.05) is 14.2 Å². The van der Waals surface area contributed by atoms with Gasteiger partial charge in [-0.05, 0) is 56.7 Å². The van der Waals surface area contributed by atoms with Gasteiger partial charge in [0.2, 0.25) is 0 Å². The molecule has 7 heteroatoms. The Hall–Kier alpha value is -3.35. The molecular weight excluding hydrogens is 368 g/mol. The van der Waals surface area contributed by atoms with Gasteiger partial charge in [-0.2, -0.15) is 5.10 Å². The van der Waals surface area contributed by atoms with Gasteiger partial charge in [-0.1, -0.05) is 6.92 Å². The highest BCUT2D eigenvalue weighted by atomic mass is 16.5. The lowest BCUT2D eigenvalue weighted by Gasteiger charge is -2.11. The number of fused-ring (bicyclic) bond motifs is 1. The third kappa shape index (κ3) is 4.08. The molecule has 3 rings (SSSR count). The van der Waals surface area contributed by atoms with Crippen LogP contribution in [0, 0.1) is 6.92 Å². The van der Waals surface area contributed by atoms with Gasteiger partial charge < -0.3 is 14.0 Å². The van der Waals surface area contributed by atoms with Gasteiger partial charge in [-0.25, -0.2) is 10.4 Å². The van der Waals surface area contributed by atoms with E-state index in [1.807, 2.05) is 38.1 Å². The third-order valence-electron chi connectivity index (χ3n) is 4.86. The van der Waals surface area contributed by atoms with Gasteiger partial charge in [0.25, 0.3) is 5.91 Å². The van der Waals surface area contributed by atoms with E-state index >= 15 is 0 Å². The highest BCUT2D eigenvalue weighted by Gasteiger charge is 2.12. The summed E-state index contributed by atoms with van der Waals surface area (Å²) in [6.07, 6.45) is 0.648. The number of hydrogen-bond acceptors (Lipinski definition) is 5. The molecule has 29 heavy (non-hydrogen) atoms. The molecule has 0 aliphatic carbocycles. The van der Waals surface area contributed by atoms with Crippen LogP contribution in [0.25, 0.3) is 11.0 Å². The maximum atomic E-state index is 12.6. The molecule has 0 saturated carbocycles. The maximum absolute atomic E-state index is 12.6. The molecule has 1 heterocycles. The van der Waals surface area contributed by atoms with Crippen LogP contribution in [0.15, 0.2) is 41.5 Å². The summed E-state index contributed by atoms with van der Waals surface area (Å²) < 4.78 is 12.7. The number of methoxy groups -OCH3 is 2. The van der Waals surface area contributed by atoms with Gasteiger partial charge in [0.1, 0.15) is 5.82 Å². The summed E-state index contributed by atoms with van der Waals surface area (Å²) >= 11 is 0. The Balaban J connectivity index is 1.84. The number of hydrogen-bond donors (Lipinski definition) is 1. The quantitative estimate of drug-likeness (QED) is 0.487. The number of hydrazone groups is 1. The molecule has 1 N–H and O–H groups in total. The van der Waals surface area contributed by atoms with Crippen molar-refractivity contribution in [3.05, 3.63) is 53.3 Å². The van der Waals surface area contributed by atoms with E-state index in [4.69, 9.17) is 9.47 Å². The first kappa shape index (κ1) is 20.4. The standard InChI is InChI=1S/C22H26N4O3/c1-6-17(15-9-11-20(28-4)21(13-15)29-5)24-25-22(27)16-8-10-19-18(12-16)23-14(3)26(19)7-2/h8-13H,6-7H2,1-5H3,(H,25,27)/b24-17-. The first-order chi connectivity index (χ1) is 14.0. The van der Waals surface area contributed by atoms with Crippen molar-refractivity contribution in [1.82, 2.24) is 15.0 Å². The Morgan fingerprint density at radius 2 is 1.79 bits per heavy atom. The zero-order valence-electron chi connectivity index (χ0n) is 17.4. The average Bonchev–Trinajstić information content (AvgIpc) is 3.07. The summed E-state index contributed by atoms with van der Waals surface area (Å²) in [5.74, 6) is 1.91. The van der Waals surface area contributed by atoms with E-state index in [2.05, 4.69) is 27.0 Å². The summed E-state index contributed by atoms with van der Waals surface area (Å²) in [6.45, 7) is 6.85. The Bertz CT molecular complexity index is 1070. The molecule has 0 aliphatic rings. The number of amides is 1. The molecule has 0 bridgehead atoms. The lowest BCUT2D eigenvalue weighted by Crippen LogP contribution is -2.20. The van der Waals surface area contributed by atoms with Crippen LogP contribution in [0.3, 0.4) is 0 Å². The molecule has 0 atom stereocenters. The van der Waals surface area contributed by atoms with Gasteiger partial charge in [-0.15, -0.1) is 0 Å². The average molecular weight is 394 g/mol. The Labute approximate surface area is 170 Å². The first-order valence-electron chi connectivity index (χ1n) is 9.58. The SMILES string of the molecule is CC/C(=N/NC(=O)c1ccc2c(c1)nc(C)n2CC)c1ccc(OC)c(OC)c1. The second kappa shape index (κ2) is 8.77. The fourth-order valence-electron chi connectivity index (χ4n) is 3.34. The van der Waals surface area contributed by atoms with Crippen LogP contribution in [-0.4, -0.2) is 35.4 Å². The molecule has 0 unspecified atom stereocenters. The highest BCUT2D eigenvalue weighted by Crippen LogP contribution is 2.28. The maximum Gasteiger partial charge on any atom is 0.271 e. The van der Waals surface area contributed by atoms with Crippen molar-refractivity contribution in [3.63, 3.8) is 0 Å². The summed E-state index contributed by atoms with van der Waals surface area (Å²) in [7, 11) is 3.18. The zero-order valence-corrected chi connectivity index (χ0v) is 17.4. The van der Waals surface area contributed by atoms with Crippen molar-refractivity contribution in [2.24, 2.45) is 5.10 Å². The largest absolute Gasteiger partial charge is 0.493 e. The molecule has 3 aromatic rings. The zero-order chi connectivity index (χ0) is 21.0. The minimum absolute atomic E-state index is 0.276. The predicted octanol–water partition coefficient (Wildman–Crippen LogP) is 3.93. The minimum Gasteiger partial charge on any atom is -0.493 e. The number of carbonyl (C=O) groups is 1. The van der Waals surface area contributed by atoms with Crippen molar-refractivity contribution in [1.29, 1.82) is 0 Å². The molecular formula is C22H26N4O3. The Kier molecular flexibility index (Phi) is 6.16. The van der Waals surface area contributed by atoms with E-state index < -0.39 is 0 Å². The van der Waals surface area contributed by atoms with Gasteiger partial charge in [0.15, 0.2) is 11.5 Å². The van der Waals surface area contributed by atoms with Crippen LogP contribution >= 0.6 is 0 Å².